The largest absolute Gasteiger partial charge is 0.468 e. The molecular formula is C25H34ClN3O3. The first kappa shape index (κ1) is 24.3. The van der Waals surface area contributed by atoms with Crippen LogP contribution in [0.5, 0.6) is 0 Å². The van der Waals surface area contributed by atoms with E-state index >= 15 is 0 Å². The lowest BCUT2D eigenvalue weighted by Gasteiger charge is -2.38. The van der Waals surface area contributed by atoms with Crippen molar-refractivity contribution in [3.63, 3.8) is 0 Å². The van der Waals surface area contributed by atoms with Gasteiger partial charge in [0.1, 0.15) is 5.82 Å². The normalized spacial score (nSPS) is 15.0. The van der Waals surface area contributed by atoms with Crippen LogP contribution in [0.15, 0.2) is 36.5 Å². The summed E-state index contributed by atoms with van der Waals surface area (Å²) in [5.74, 6) is 0.912. The van der Waals surface area contributed by atoms with Crippen LogP contribution in [-0.2, 0) is 19.7 Å². The molecule has 7 heteroatoms. The number of pyridine rings is 1. The minimum Gasteiger partial charge on any atom is -0.468 e. The van der Waals surface area contributed by atoms with Crippen molar-refractivity contribution in [1.29, 1.82) is 0 Å². The number of nitrogens with zero attached hydrogens (tertiary/aromatic N) is 2. The maximum absolute atomic E-state index is 12.5. The molecule has 0 atom stereocenters. The molecule has 0 saturated carbocycles. The number of nitrogens with one attached hydrogen (secondary N) is 1. The molecule has 0 bridgehead atoms. The minimum absolute atomic E-state index is 0.274. The predicted octanol–water partition coefficient (Wildman–Crippen LogP) is 5.57. The highest BCUT2D eigenvalue weighted by atomic mass is 35.5. The van der Waals surface area contributed by atoms with E-state index in [0.717, 1.165) is 49.5 Å². The van der Waals surface area contributed by atoms with E-state index in [2.05, 4.69) is 35.1 Å². The van der Waals surface area contributed by atoms with Gasteiger partial charge in [-0.1, -0.05) is 31.5 Å². The van der Waals surface area contributed by atoms with Gasteiger partial charge in [-0.15, -0.1) is 0 Å². The second-order valence-electron chi connectivity index (χ2n) is 9.22. The Morgan fingerprint density at radius 2 is 2.00 bits per heavy atom. The third-order valence-corrected chi connectivity index (χ3v) is 6.13. The Hall–Kier alpha value is -2.31. The third kappa shape index (κ3) is 5.73. The average molecular weight is 460 g/mol. The molecule has 1 aromatic carbocycles. The number of carbonyl (C=O) groups excluding carboxylic acids is 1. The van der Waals surface area contributed by atoms with Crippen LogP contribution in [0.1, 0.15) is 46.1 Å². The molecule has 1 saturated heterocycles. The number of esters is 1. The molecule has 1 aromatic heterocycles. The molecule has 174 valence electrons. The first-order valence-electron chi connectivity index (χ1n) is 11.2. The topological polar surface area (TPSA) is 63.7 Å². The van der Waals surface area contributed by atoms with E-state index in [1.54, 1.807) is 6.20 Å². The van der Waals surface area contributed by atoms with Crippen LogP contribution in [0, 0.1) is 5.92 Å². The quantitative estimate of drug-likeness (QED) is 0.520. The van der Waals surface area contributed by atoms with Gasteiger partial charge < -0.3 is 19.7 Å². The molecule has 1 aliphatic rings. The Bertz CT molecular complexity index is 909. The number of hydrogen-bond donors (Lipinski definition) is 1. The van der Waals surface area contributed by atoms with Crippen LogP contribution >= 0.6 is 11.6 Å². The van der Waals surface area contributed by atoms with Crippen LogP contribution in [0.4, 0.5) is 17.2 Å². The van der Waals surface area contributed by atoms with Gasteiger partial charge in [0.25, 0.3) is 0 Å². The van der Waals surface area contributed by atoms with Crippen molar-refractivity contribution in [1.82, 2.24) is 4.98 Å². The summed E-state index contributed by atoms with van der Waals surface area (Å²) >= 11 is 6.03. The molecule has 2 aromatic rings. The summed E-state index contributed by atoms with van der Waals surface area (Å²) in [6.07, 6.45) is 3.59. The van der Waals surface area contributed by atoms with Crippen LogP contribution in [0.3, 0.4) is 0 Å². The second-order valence-corrected chi connectivity index (χ2v) is 9.66. The van der Waals surface area contributed by atoms with E-state index < -0.39 is 5.41 Å². The molecule has 3 rings (SSSR count). The predicted molar refractivity (Wildman–Crippen MR) is 130 cm³/mol. The molecular weight excluding hydrogens is 426 g/mol. The van der Waals surface area contributed by atoms with Crippen LogP contribution in [0.25, 0.3) is 0 Å². The van der Waals surface area contributed by atoms with E-state index in [4.69, 9.17) is 21.1 Å². The van der Waals surface area contributed by atoms with Gasteiger partial charge in [-0.3, -0.25) is 4.79 Å². The fourth-order valence-electron chi connectivity index (χ4n) is 4.07. The molecule has 0 radical (unpaired) electrons. The van der Waals surface area contributed by atoms with Gasteiger partial charge in [0.05, 0.1) is 28.9 Å². The first-order chi connectivity index (χ1) is 15.2. The van der Waals surface area contributed by atoms with Crippen molar-refractivity contribution in [2.45, 2.75) is 52.0 Å². The molecule has 0 spiro atoms. The van der Waals surface area contributed by atoms with Crippen LogP contribution < -0.4 is 10.2 Å². The van der Waals surface area contributed by atoms with E-state index in [1.807, 2.05) is 38.1 Å². The maximum Gasteiger partial charge on any atom is 0.315 e. The zero-order valence-corrected chi connectivity index (χ0v) is 20.4. The van der Waals surface area contributed by atoms with Crippen molar-refractivity contribution in [3.8, 4) is 0 Å². The Kier molecular flexibility index (Phi) is 8.01. The summed E-state index contributed by atoms with van der Waals surface area (Å²) in [5, 5.41) is 4.05. The Balaban J connectivity index is 2.07. The number of anilines is 3. The van der Waals surface area contributed by atoms with Gasteiger partial charge in [0.15, 0.2) is 0 Å². The Morgan fingerprint density at radius 1 is 1.28 bits per heavy atom. The van der Waals surface area contributed by atoms with E-state index in [9.17, 15) is 4.79 Å². The van der Waals surface area contributed by atoms with E-state index in [0.29, 0.717) is 22.8 Å². The van der Waals surface area contributed by atoms with Crippen molar-refractivity contribution in [3.05, 3.63) is 47.1 Å². The van der Waals surface area contributed by atoms with E-state index in [-0.39, 0.29) is 5.97 Å². The Morgan fingerprint density at radius 3 is 2.59 bits per heavy atom. The van der Waals surface area contributed by atoms with Gasteiger partial charge in [-0.05, 0) is 62.4 Å². The summed E-state index contributed by atoms with van der Waals surface area (Å²) in [4.78, 5) is 19.3. The molecule has 1 aliphatic heterocycles. The molecule has 0 amide bonds. The summed E-state index contributed by atoms with van der Waals surface area (Å²) in [5.41, 5.74) is 2.09. The summed E-state index contributed by atoms with van der Waals surface area (Å²) in [6.45, 7) is 10.7. The lowest BCUT2D eigenvalue weighted by molar-refractivity contribution is -0.146. The van der Waals surface area contributed by atoms with Crippen molar-refractivity contribution in [2.24, 2.45) is 5.92 Å². The zero-order chi connectivity index (χ0) is 23.3. The molecule has 2 heterocycles. The fourth-order valence-corrected chi connectivity index (χ4v) is 4.18. The van der Waals surface area contributed by atoms with Gasteiger partial charge in [-0.25, -0.2) is 4.98 Å². The first-order valence-corrected chi connectivity index (χ1v) is 11.6. The number of rotatable bonds is 8. The molecule has 0 unspecified atom stereocenters. The number of ether oxygens (including phenoxy) is 2. The van der Waals surface area contributed by atoms with Crippen LogP contribution in [-0.4, -0.2) is 43.9 Å². The third-order valence-electron chi connectivity index (χ3n) is 5.91. The fraction of sp³-hybridized carbons (Fsp3) is 0.520. The van der Waals surface area contributed by atoms with Crippen molar-refractivity contribution >= 4 is 34.8 Å². The number of methoxy groups -OCH3 is 1. The maximum atomic E-state index is 12.5. The molecule has 0 aliphatic carbocycles. The minimum atomic E-state index is -0.779. The van der Waals surface area contributed by atoms with Gasteiger partial charge in [0.2, 0.25) is 0 Å². The number of halogens is 1. The molecule has 32 heavy (non-hydrogen) atoms. The number of hydrogen-bond acceptors (Lipinski definition) is 6. The highest BCUT2D eigenvalue weighted by molar-refractivity contribution is 6.30. The van der Waals surface area contributed by atoms with E-state index in [1.165, 1.54) is 7.11 Å². The summed E-state index contributed by atoms with van der Waals surface area (Å²) in [7, 11) is 1.42. The number of benzene rings is 1. The Labute approximate surface area is 196 Å². The van der Waals surface area contributed by atoms with Gasteiger partial charge in [-0.2, -0.15) is 0 Å². The highest BCUT2D eigenvalue weighted by Gasteiger charge is 2.32. The van der Waals surface area contributed by atoms with Gasteiger partial charge >= 0.3 is 5.97 Å². The lowest BCUT2D eigenvalue weighted by atomic mass is 9.84. The second kappa shape index (κ2) is 10.5. The average Bonchev–Trinajstić information content (AvgIpc) is 2.79. The molecule has 1 N–H and O–H groups in total. The smallest absolute Gasteiger partial charge is 0.315 e. The molecule has 6 nitrogen and oxygen atoms in total. The standard InChI is InChI=1S/C25H34ClN3O3/c1-17(2)16-29(20-10-12-32-13-11-20)22-8-6-18(25(3,4)24(30)31-5)14-21(22)28-23-9-7-19(26)15-27-23/h6-9,14-15,17,20H,10-13,16H2,1-5H3,(H,27,28). The SMILES string of the molecule is COC(=O)C(C)(C)c1ccc(N(CC(C)C)C2CCOCC2)c(Nc2ccc(Cl)cn2)c1. The van der Waals surface area contributed by atoms with Crippen LogP contribution in [0.2, 0.25) is 5.02 Å². The monoisotopic (exact) mass is 459 g/mol. The lowest BCUT2D eigenvalue weighted by Crippen LogP contribution is -2.42. The summed E-state index contributed by atoms with van der Waals surface area (Å²) in [6, 6.07) is 10.2. The van der Waals surface area contributed by atoms with Gasteiger partial charge in [0, 0.05) is 32.0 Å². The zero-order valence-electron chi connectivity index (χ0n) is 19.7. The van der Waals surface area contributed by atoms with Crippen molar-refractivity contribution in [2.75, 3.05) is 37.1 Å². The highest BCUT2D eigenvalue weighted by Crippen LogP contribution is 2.37. The summed E-state index contributed by atoms with van der Waals surface area (Å²) < 4.78 is 10.7. The molecule has 1 fully saturated rings. The number of carbonyl (C=O) groups is 1. The number of aromatic nitrogens is 1. The van der Waals surface area contributed by atoms with Crippen molar-refractivity contribution < 1.29 is 14.3 Å².